The highest BCUT2D eigenvalue weighted by molar-refractivity contribution is 5.89. The molecule has 5 heteroatoms. The molecule has 1 rings (SSSR count). The van der Waals surface area contributed by atoms with Crippen LogP contribution in [0.25, 0.3) is 0 Å². The Bertz CT molecular complexity index is 466. The maximum atomic E-state index is 12.1. The van der Waals surface area contributed by atoms with Crippen molar-refractivity contribution in [2.24, 2.45) is 0 Å². The molecule has 0 atom stereocenters. The number of aliphatic hydroxyl groups excluding tert-OH is 1. The minimum Gasteiger partial charge on any atom is -0.396 e. The number of anilines is 1. The van der Waals surface area contributed by atoms with Gasteiger partial charge >= 0.3 is 6.03 Å². The van der Waals surface area contributed by atoms with Gasteiger partial charge in [0, 0.05) is 24.9 Å². The number of hydrogen-bond donors (Lipinski definition) is 2. The first-order valence-electron chi connectivity index (χ1n) is 6.27. The topological polar surface area (TPSA) is 76.4 Å². The summed E-state index contributed by atoms with van der Waals surface area (Å²) in [5, 5.41) is 20.4. The molecule has 5 nitrogen and oxygen atoms in total. The first-order valence-corrected chi connectivity index (χ1v) is 6.27. The Morgan fingerprint density at radius 2 is 2.26 bits per heavy atom. The Morgan fingerprint density at radius 1 is 1.53 bits per heavy atom. The number of carbonyl (C=O) groups excluding carboxylic acids is 1. The van der Waals surface area contributed by atoms with Crippen LogP contribution in [0.15, 0.2) is 24.3 Å². The van der Waals surface area contributed by atoms with Gasteiger partial charge in [0.25, 0.3) is 0 Å². The largest absolute Gasteiger partial charge is 0.396 e. The molecule has 2 amide bonds. The van der Waals surface area contributed by atoms with Gasteiger partial charge in [0.05, 0.1) is 11.6 Å². The molecule has 0 aliphatic rings. The monoisotopic (exact) mass is 261 g/mol. The lowest BCUT2D eigenvalue weighted by Crippen LogP contribution is -2.40. The standard InChI is InChI=1S/C14H19N3O2/c1-11(2)17(7-4-8-18)14(19)16-13-6-3-5-12(9-13)10-15/h3,5-6,9,11,18H,4,7-8H2,1-2H3,(H,16,19). The second-order valence-corrected chi connectivity index (χ2v) is 4.49. The molecule has 0 bridgehead atoms. The van der Waals surface area contributed by atoms with Crippen molar-refractivity contribution in [2.45, 2.75) is 26.3 Å². The van der Waals surface area contributed by atoms with E-state index in [0.29, 0.717) is 24.2 Å². The van der Waals surface area contributed by atoms with Crippen molar-refractivity contribution < 1.29 is 9.90 Å². The van der Waals surface area contributed by atoms with Crippen LogP contribution in [-0.2, 0) is 0 Å². The number of amides is 2. The average molecular weight is 261 g/mol. The molecule has 0 saturated carbocycles. The zero-order chi connectivity index (χ0) is 14.3. The molecule has 1 aromatic carbocycles. The van der Waals surface area contributed by atoms with Crippen molar-refractivity contribution in [3.05, 3.63) is 29.8 Å². The number of hydrogen-bond acceptors (Lipinski definition) is 3. The predicted molar refractivity (Wildman–Crippen MR) is 73.7 cm³/mol. The van der Waals surface area contributed by atoms with Gasteiger partial charge in [-0.3, -0.25) is 0 Å². The molecule has 0 heterocycles. The summed E-state index contributed by atoms with van der Waals surface area (Å²) in [6, 6.07) is 8.63. The lowest BCUT2D eigenvalue weighted by molar-refractivity contribution is 0.186. The van der Waals surface area contributed by atoms with Crippen molar-refractivity contribution >= 4 is 11.7 Å². The van der Waals surface area contributed by atoms with Gasteiger partial charge in [-0.05, 0) is 38.5 Å². The summed E-state index contributed by atoms with van der Waals surface area (Å²) in [6.45, 7) is 4.39. The van der Waals surface area contributed by atoms with Crippen molar-refractivity contribution in [1.29, 1.82) is 5.26 Å². The van der Waals surface area contributed by atoms with Crippen molar-refractivity contribution in [1.82, 2.24) is 4.90 Å². The fourth-order valence-corrected chi connectivity index (χ4v) is 1.70. The molecule has 19 heavy (non-hydrogen) atoms. The van der Waals surface area contributed by atoms with Gasteiger partial charge in [0.1, 0.15) is 0 Å². The van der Waals surface area contributed by atoms with Gasteiger partial charge in [0.15, 0.2) is 0 Å². The second kappa shape index (κ2) is 7.39. The van der Waals surface area contributed by atoms with Crippen LogP contribution in [0.4, 0.5) is 10.5 Å². The number of carbonyl (C=O) groups is 1. The van der Waals surface area contributed by atoms with E-state index in [9.17, 15) is 4.79 Å². The van der Waals surface area contributed by atoms with Crippen LogP contribution in [0, 0.1) is 11.3 Å². The van der Waals surface area contributed by atoms with Crippen LogP contribution < -0.4 is 5.32 Å². The van der Waals surface area contributed by atoms with Gasteiger partial charge in [-0.25, -0.2) is 4.79 Å². The van der Waals surface area contributed by atoms with E-state index in [1.165, 1.54) is 0 Å². The molecule has 0 aliphatic heterocycles. The van der Waals surface area contributed by atoms with Crippen LogP contribution in [0.1, 0.15) is 25.8 Å². The Kier molecular flexibility index (Phi) is 5.83. The minimum absolute atomic E-state index is 0.0469. The first kappa shape index (κ1) is 15.0. The number of urea groups is 1. The van der Waals surface area contributed by atoms with Gasteiger partial charge < -0.3 is 15.3 Å². The SMILES string of the molecule is CC(C)N(CCCO)C(=O)Nc1cccc(C#N)c1. The maximum Gasteiger partial charge on any atom is 0.322 e. The maximum absolute atomic E-state index is 12.1. The van der Waals surface area contributed by atoms with Crippen molar-refractivity contribution in [3.63, 3.8) is 0 Å². The fraction of sp³-hybridized carbons (Fsp3) is 0.429. The normalized spacial score (nSPS) is 10.1. The first-order chi connectivity index (χ1) is 9.08. The zero-order valence-electron chi connectivity index (χ0n) is 11.3. The molecule has 0 aromatic heterocycles. The highest BCUT2D eigenvalue weighted by atomic mass is 16.3. The highest BCUT2D eigenvalue weighted by Crippen LogP contribution is 2.12. The van der Waals surface area contributed by atoms with E-state index < -0.39 is 0 Å². The summed E-state index contributed by atoms with van der Waals surface area (Å²) >= 11 is 0. The number of benzene rings is 1. The molecule has 102 valence electrons. The van der Waals surface area contributed by atoms with Crippen LogP contribution in [0.5, 0.6) is 0 Å². The van der Waals surface area contributed by atoms with E-state index in [1.807, 2.05) is 19.9 Å². The van der Waals surface area contributed by atoms with E-state index in [0.717, 1.165) is 0 Å². The summed E-state index contributed by atoms with van der Waals surface area (Å²) in [7, 11) is 0. The fourth-order valence-electron chi connectivity index (χ4n) is 1.70. The van der Waals surface area contributed by atoms with Crippen molar-refractivity contribution in [3.8, 4) is 6.07 Å². The quantitative estimate of drug-likeness (QED) is 0.853. The van der Waals surface area contributed by atoms with E-state index in [4.69, 9.17) is 10.4 Å². The second-order valence-electron chi connectivity index (χ2n) is 4.49. The predicted octanol–water partition coefficient (Wildman–Crippen LogP) is 2.18. The summed E-state index contributed by atoms with van der Waals surface area (Å²) in [6.07, 6.45) is 0.545. The molecule has 1 aromatic rings. The van der Waals surface area contributed by atoms with Gasteiger partial charge in [0.2, 0.25) is 0 Å². The third-order valence-electron chi connectivity index (χ3n) is 2.68. The third-order valence-corrected chi connectivity index (χ3v) is 2.68. The molecule has 0 radical (unpaired) electrons. The average Bonchev–Trinajstić information content (AvgIpc) is 2.39. The Morgan fingerprint density at radius 3 is 2.84 bits per heavy atom. The van der Waals surface area contributed by atoms with E-state index in [-0.39, 0.29) is 18.7 Å². The summed E-state index contributed by atoms with van der Waals surface area (Å²) in [5.41, 5.74) is 1.10. The third kappa shape index (κ3) is 4.60. The van der Waals surface area contributed by atoms with Crippen LogP contribution in [0.3, 0.4) is 0 Å². The van der Waals surface area contributed by atoms with E-state index in [1.54, 1.807) is 29.2 Å². The molecule has 0 unspecified atom stereocenters. The summed E-state index contributed by atoms with van der Waals surface area (Å²) < 4.78 is 0. The lowest BCUT2D eigenvalue weighted by Gasteiger charge is -2.26. The van der Waals surface area contributed by atoms with E-state index in [2.05, 4.69) is 5.32 Å². The van der Waals surface area contributed by atoms with Crippen molar-refractivity contribution in [2.75, 3.05) is 18.5 Å². The highest BCUT2D eigenvalue weighted by Gasteiger charge is 2.16. The molecular formula is C14H19N3O2. The Balaban J connectivity index is 2.72. The number of nitrogens with one attached hydrogen (secondary N) is 1. The number of nitriles is 1. The molecule has 0 spiro atoms. The number of nitrogens with zero attached hydrogens (tertiary/aromatic N) is 2. The van der Waals surface area contributed by atoms with E-state index >= 15 is 0 Å². The molecule has 0 saturated heterocycles. The van der Waals surface area contributed by atoms with Gasteiger partial charge in [-0.15, -0.1) is 0 Å². The van der Waals surface area contributed by atoms with Crippen LogP contribution >= 0.6 is 0 Å². The van der Waals surface area contributed by atoms with Crippen LogP contribution in [-0.4, -0.2) is 35.2 Å². The minimum atomic E-state index is -0.224. The van der Waals surface area contributed by atoms with Gasteiger partial charge in [-0.1, -0.05) is 6.07 Å². The molecular weight excluding hydrogens is 242 g/mol. The Hall–Kier alpha value is -2.06. The molecule has 0 fully saturated rings. The summed E-state index contributed by atoms with van der Waals surface area (Å²) in [4.78, 5) is 13.8. The van der Waals surface area contributed by atoms with Crippen LogP contribution in [0.2, 0.25) is 0 Å². The number of aliphatic hydroxyl groups is 1. The molecule has 0 aliphatic carbocycles. The van der Waals surface area contributed by atoms with Gasteiger partial charge in [-0.2, -0.15) is 5.26 Å². The number of rotatable bonds is 5. The molecule has 2 N–H and O–H groups in total. The summed E-state index contributed by atoms with van der Waals surface area (Å²) in [5.74, 6) is 0. The Labute approximate surface area is 113 Å². The lowest BCUT2D eigenvalue weighted by atomic mass is 10.2. The zero-order valence-corrected chi connectivity index (χ0v) is 11.3. The smallest absolute Gasteiger partial charge is 0.322 e.